The molecule has 1 aromatic carbocycles. The van der Waals surface area contributed by atoms with E-state index in [-0.39, 0.29) is 6.04 Å². The lowest BCUT2D eigenvalue weighted by molar-refractivity contribution is 0.509. The molecule has 1 atom stereocenters. The zero-order valence-electron chi connectivity index (χ0n) is 12.5. The first-order chi connectivity index (χ1) is 11.2. The number of nitrogens with zero attached hydrogens (tertiary/aromatic N) is 2. The van der Waals surface area contributed by atoms with Crippen molar-refractivity contribution in [1.82, 2.24) is 14.6 Å². The second kappa shape index (κ2) is 5.47. The van der Waals surface area contributed by atoms with Crippen molar-refractivity contribution >= 4 is 20.8 Å². The monoisotopic (exact) mass is 327 g/mol. The van der Waals surface area contributed by atoms with E-state index in [1.807, 2.05) is 24.3 Å². The molecule has 1 unspecified atom stereocenters. The highest BCUT2D eigenvalue weighted by atomic mass is 32.2. The Hall–Kier alpha value is -2.18. The van der Waals surface area contributed by atoms with E-state index in [9.17, 15) is 8.42 Å². The topological polar surface area (TPSA) is 62.3 Å². The van der Waals surface area contributed by atoms with Crippen molar-refractivity contribution in [2.45, 2.75) is 17.4 Å². The largest absolute Gasteiger partial charge is 0.305 e. The van der Waals surface area contributed by atoms with Crippen molar-refractivity contribution in [3.63, 3.8) is 0 Å². The zero-order chi connectivity index (χ0) is 15.9. The van der Waals surface area contributed by atoms with Gasteiger partial charge in [-0.25, -0.2) is 8.42 Å². The molecule has 23 heavy (non-hydrogen) atoms. The van der Waals surface area contributed by atoms with Crippen LogP contribution in [0.25, 0.3) is 10.8 Å². The van der Waals surface area contributed by atoms with Crippen molar-refractivity contribution in [2.75, 3.05) is 13.1 Å². The van der Waals surface area contributed by atoms with Crippen molar-refractivity contribution in [1.29, 1.82) is 0 Å². The summed E-state index contributed by atoms with van der Waals surface area (Å²) >= 11 is 0. The SMILES string of the molecule is O=S(=O)(c1cccc2cnccc12)N1CCC2NCC=CC=C21. The minimum Gasteiger partial charge on any atom is -0.305 e. The van der Waals surface area contributed by atoms with Gasteiger partial charge in [-0.05, 0) is 24.6 Å². The molecule has 0 aliphatic carbocycles. The Labute approximate surface area is 135 Å². The summed E-state index contributed by atoms with van der Waals surface area (Å²) in [6.45, 7) is 1.26. The van der Waals surface area contributed by atoms with Crippen LogP contribution < -0.4 is 5.32 Å². The first kappa shape index (κ1) is 14.4. The van der Waals surface area contributed by atoms with Gasteiger partial charge in [0.1, 0.15) is 0 Å². The average Bonchev–Trinajstić information content (AvgIpc) is 2.84. The van der Waals surface area contributed by atoms with Crippen molar-refractivity contribution in [3.8, 4) is 0 Å². The number of hydrogen-bond acceptors (Lipinski definition) is 4. The van der Waals surface area contributed by atoms with E-state index in [4.69, 9.17) is 0 Å². The highest BCUT2D eigenvalue weighted by molar-refractivity contribution is 7.89. The first-order valence-corrected chi connectivity index (χ1v) is 9.07. The summed E-state index contributed by atoms with van der Waals surface area (Å²) in [5, 5.41) is 4.91. The van der Waals surface area contributed by atoms with Crippen molar-refractivity contribution in [3.05, 3.63) is 60.6 Å². The van der Waals surface area contributed by atoms with Gasteiger partial charge in [0.2, 0.25) is 0 Å². The maximum Gasteiger partial charge on any atom is 0.264 e. The molecule has 6 heteroatoms. The Morgan fingerprint density at radius 2 is 2.17 bits per heavy atom. The Morgan fingerprint density at radius 3 is 3.09 bits per heavy atom. The standard InChI is InChI=1S/C17H17N3O2S/c21-23(22,17-6-3-4-13-12-18-10-7-14(13)17)20-11-8-15-16(20)5-1-2-9-19-15/h1-7,10,12,15,19H,8-9,11H2. The van der Waals surface area contributed by atoms with Gasteiger partial charge in [0.05, 0.1) is 10.9 Å². The number of fused-ring (bicyclic) bond motifs is 2. The summed E-state index contributed by atoms with van der Waals surface area (Å²) in [5.41, 5.74) is 0.824. The van der Waals surface area contributed by atoms with Gasteiger partial charge in [0.15, 0.2) is 0 Å². The Morgan fingerprint density at radius 1 is 1.26 bits per heavy atom. The van der Waals surface area contributed by atoms with Crippen LogP contribution in [0.3, 0.4) is 0 Å². The third kappa shape index (κ3) is 2.34. The molecule has 2 aromatic rings. The van der Waals surface area contributed by atoms with Crippen LogP contribution in [-0.4, -0.2) is 36.8 Å². The molecule has 4 rings (SSSR count). The Bertz CT molecular complexity index is 913. The predicted octanol–water partition coefficient (Wildman–Crippen LogP) is 2.04. The van der Waals surface area contributed by atoms with Crippen LogP contribution in [0.5, 0.6) is 0 Å². The number of benzene rings is 1. The van der Waals surface area contributed by atoms with Gasteiger partial charge in [-0.15, -0.1) is 0 Å². The van der Waals surface area contributed by atoms with E-state index in [0.717, 1.165) is 24.0 Å². The van der Waals surface area contributed by atoms with Gasteiger partial charge in [-0.2, -0.15) is 0 Å². The summed E-state index contributed by atoms with van der Waals surface area (Å²) in [5.74, 6) is 0. The van der Waals surface area contributed by atoms with Crippen molar-refractivity contribution in [2.24, 2.45) is 0 Å². The summed E-state index contributed by atoms with van der Waals surface area (Å²) in [6, 6.07) is 7.17. The molecule has 0 bridgehead atoms. The van der Waals surface area contributed by atoms with Crippen LogP contribution in [-0.2, 0) is 10.0 Å². The number of nitrogens with one attached hydrogen (secondary N) is 1. The number of sulfonamides is 1. The van der Waals surface area contributed by atoms with E-state index >= 15 is 0 Å². The smallest absolute Gasteiger partial charge is 0.264 e. The van der Waals surface area contributed by atoms with Crippen LogP contribution in [0.2, 0.25) is 0 Å². The third-order valence-electron chi connectivity index (χ3n) is 4.36. The highest BCUT2D eigenvalue weighted by Crippen LogP contribution is 2.32. The molecule has 0 saturated carbocycles. The fourth-order valence-electron chi connectivity index (χ4n) is 3.24. The average molecular weight is 327 g/mol. The molecule has 3 heterocycles. The molecule has 2 aliphatic heterocycles. The van der Waals surface area contributed by atoms with E-state index in [2.05, 4.69) is 10.3 Å². The van der Waals surface area contributed by atoms with Gasteiger partial charge in [0.25, 0.3) is 10.0 Å². The number of rotatable bonds is 2. The molecule has 0 spiro atoms. The van der Waals surface area contributed by atoms with Gasteiger partial charge in [0, 0.05) is 42.0 Å². The summed E-state index contributed by atoms with van der Waals surface area (Å²) in [6.07, 6.45) is 9.93. The first-order valence-electron chi connectivity index (χ1n) is 7.63. The van der Waals surface area contributed by atoms with Crippen LogP contribution in [0, 0.1) is 0 Å². The normalized spacial score (nSPS) is 21.1. The molecule has 1 saturated heterocycles. The summed E-state index contributed by atoms with van der Waals surface area (Å²) < 4.78 is 28.0. The molecule has 2 aliphatic rings. The minimum atomic E-state index is -3.59. The lowest BCUT2D eigenvalue weighted by atomic mass is 10.2. The predicted molar refractivity (Wildman–Crippen MR) is 89.3 cm³/mol. The molecule has 1 fully saturated rings. The Kier molecular flexibility index (Phi) is 3.43. The lowest BCUT2D eigenvalue weighted by Crippen LogP contribution is -2.32. The molecule has 5 nitrogen and oxygen atoms in total. The van der Waals surface area contributed by atoms with Gasteiger partial charge in [-0.3, -0.25) is 9.29 Å². The third-order valence-corrected chi connectivity index (χ3v) is 6.25. The van der Waals surface area contributed by atoms with Crippen LogP contribution in [0.15, 0.2) is 65.5 Å². The van der Waals surface area contributed by atoms with E-state index < -0.39 is 10.0 Å². The molecule has 0 amide bonds. The van der Waals surface area contributed by atoms with Gasteiger partial charge >= 0.3 is 0 Å². The second-order valence-corrected chi connectivity index (χ2v) is 7.53. The van der Waals surface area contributed by atoms with Crippen LogP contribution >= 0.6 is 0 Å². The molecular weight excluding hydrogens is 310 g/mol. The number of hydrogen-bond donors (Lipinski definition) is 1. The zero-order valence-corrected chi connectivity index (χ0v) is 13.3. The number of allylic oxidation sites excluding steroid dienone is 2. The Balaban J connectivity index is 1.84. The van der Waals surface area contributed by atoms with E-state index in [1.165, 1.54) is 4.31 Å². The quantitative estimate of drug-likeness (QED) is 0.917. The fraction of sp³-hybridized carbons (Fsp3) is 0.235. The van der Waals surface area contributed by atoms with Gasteiger partial charge in [-0.1, -0.05) is 24.3 Å². The minimum absolute atomic E-state index is 0.0939. The van der Waals surface area contributed by atoms with E-state index in [1.54, 1.807) is 30.6 Å². The summed E-state index contributed by atoms with van der Waals surface area (Å²) in [4.78, 5) is 4.41. The number of aromatic nitrogens is 1. The molecule has 1 N–H and O–H groups in total. The van der Waals surface area contributed by atoms with Crippen molar-refractivity contribution < 1.29 is 8.42 Å². The maximum atomic E-state index is 13.2. The lowest BCUT2D eigenvalue weighted by Gasteiger charge is -2.22. The highest BCUT2D eigenvalue weighted by Gasteiger charge is 2.36. The summed E-state index contributed by atoms with van der Waals surface area (Å²) in [7, 11) is -3.59. The molecule has 0 radical (unpaired) electrons. The maximum absolute atomic E-state index is 13.2. The fourth-order valence-corrected chi connectivity index (χ4v) is 5.01. The second-order valence-electron chi connectivity index (χ2n) is 5.70. The van der Waals surface area contributed by atoms with Crippen LogP contribution in [0.4, 0.5) is 0 Å². The molecule has 118 valence electrons. The molecule has 1 aromatic heterocycles. The molecular formula is C17H17N3O2S. The number of pyridine rings is 1. The van der Waals surface area contributed by atoms with Crippen LogP contribution in [0.1, 0.15) is 6.42 Å². The van der Waals surface area contributed by atoms with E-state index in [0.29, 0.717) is 16.8 Å². The van der Waals surface area contributed by atoms with Gasteiger partial charge < -0.3 is 5.32 Å².